The summed E-state index contributed by atoms with van der Waals surface area (Å²) in [5.74, 6) is 0.863. The van der Waals surface area contributed by atoms with Gasteiger partial charge in [-0.3, -0.25) is 4.79 Å². The molecule has 4 nitrogen and oxygen atoms in total. The maximum atomic E-state index is 11.4. The summed E-state index contributed by atoms with van der Waals surface area (Å²) in [4.78, 5) is 11.4. The van der Waals surface area contributed by atoms with Gasteiger partial charge >= 0.3 is 0 Å². The van der Waals surface area contributed by atoms with Crippen LogP contribution in [-0.4, -0.2) is 16.9 Å². The molecule has 0 unspecified atom stereocenters. The maximum absolute atomic E-state index is 11.4. The van der Waals surface area contributed by atoms with Crippen molar-refractivity contribution < 1.29 is 4.74 Å². The van der Waals surface area contributed by atoms with Crippen LogP contribution in [0.5, 0.6) is 5.75 Å². The van der Waals surface area contributed by atoms with Gasteiger partial charge in [-0.15, -0.1) is 0 Å². The molecule has 2 rings (SSSR count). The van der Waals surface area contributed by atoms with Crippen molar-refractivity contribution in [2.45, 2.75) is 19.4 Å². The number of ether oxygens (including phenoxy) is 1. The van der Waals surface area contributed by atoms with E-state index in [9.17, 15) is 4.79 Å². The zero-order chi connectivity index (χ0) is 12.8. The van der Waals surface area contributed by atoms with Crippen LogP contribution in [0.1, 0.15) is 12.0 Å². The smallest absolute Gasteiger partial charge is 0.266 e. The molecule has 0 spiro atoms. The molecular weight excluding hydrogens is 228 g/mol. The lowest BCUT2D eigenvalue weighted by molar-refractivity contribution is 0.414. The Balaban J connectivity index is 1.92. The molecule has 0 saturated carbocycles. The second kappa shape index (κ2) is 6.00. The SMILES string of the molecule is COc1cccc(CCCn2ncccc2=O)c1. The highest BCUT2D eigenvalue weighted by Gasteiger charge is 1.98. The predicted molar refractivity (Wildman–Crippen MR) is 69.8 cm³/mol. The van der Waals surface area contributed by atoms with Gasteiger partial charge in [0.1, 0.15) is 5.75 Å². The molecule has 0 aliphatic heterocycles. The van der Waals surface area contributed by atoms with Gasteiger partial charge in [0.15, 0.2) is 0 Å². The van der Waals surface area contributed by atoms with E-state index >= 15 is 0 Å². The number of rotatable bonds is 5. The molecule has 1 aromatic carbocycles. The third-order valence-corrected chi connectivity index (χ3v) is 2.75. The molecule has 0 N–H and O–H groups in total. The van der Waals surface area contributed by atoms with Gasteiger partial charge in [0.2, 0.25) is 0 Å². The molecule has 0 amide bonds. The molecule has 4 heteroatoms. The highest BCUT2D eigenvalue weighted by atomic mass is 16.5. The summed E-state index contributed by atoms with van der Waals surface area (Å²) < 4.78 is 6.66. The van der Waals surface area contributed by atoms with Crippen molar-refractivity contribution in [3.05, 3.63) is 58.5 Å². The topological polar surface area (TPSA) is 44.1 Å². The van der Waals surface area contributed by atoms with Crippen molar-refractivity contribution in [2.75, 3.05) is 7.11 Å². The maximum Gasteiger partial charge on any atom is 0.266 e. The monoisotopic (exact) mass is 244 g/mol. The summed E-state index contributed by atoms with van der Waals surface area (Å²) in [6, 6.07) is 11.2. The second-order valence-corrected chi connectivity index (χ2v) is 4.04. The van der Waals surface area contributed by atoms with Crippen LogP contribution in [-0.2, 0) is 13.0 Å². The van der Waals surface area contributed by atoms with Crippen LogP contribution in [0.4, 0.5) is 0 Å². The van der Waals surface area contributed by atoms with Gasteiger partial charge < -0.3 is 4.74 Å². The fraction of sp³-hybridized carbons (Fsp3) is 0.286. The van der Waals surface area contributed by atoms with Gasteiger partial charge in [-0.2, -0.15) is 5.10 Å². The van der Waals surface area contributed by atoms with Crippen molar-refractivity contribution >= 4 is 0 Å². The van der Waals surface area contributed by atoms with Crippen LogP contribution in [0, 0.1) is 0 Å². The average molecular weight is 244 g/mol. The molecule has 94 valence electrons. The summed E-state index contributed by atoms with van der Waals surface area (Å²) in [6.45, 7) is 0.636. The zero-order valence-corrected chi connectivity index (χ0v) is 10.4. The Morgan fingerprint density at radius 3 is 2.94 bits per heavy atom. The first-order chi connectivity index (χ1) is 8.79. The molecule has 18 heavy (non-hydrogen) atoms. The molecule has 0 saturated heterocycles. The molecule has 0 aliphatic carbocycles. The van der Waals surface area contributed by atoms with E-state index in [0.717, 1.165) is 18.6 Å². The number of methoxy groups -OCH3 is 1. The van der Waals surface area contributed by atoms with E-state index in [4.69, 9.17) is 4.74 Å². The molecule has 2 aromatic rings. The van der Waals surface area contributed by atoms with Crippen LogP contribution in [0.25, 0.3) is 0 Å². The van der Waals surface area contributed by atoms with Crippen molar-refractivity contribution in [2.24, 2.45) is 0 Å². The zero-order valence-electron chi connectivity index (χ0n) is 10.4. The minimum absolute atomic E-state index is 0.0526. The van der Waals surface area contributed by atoms with E-state index in [2.05, 4.69) is 11.2 Å². The van der Waals surface area contributed by atoms with Gasteiger partial charge in [0.25, 0.3) is 5.56 Å². The lowest BCUT2D eigenvalue weighted by atomic mass is 10.1. The Kier molecular flexibility index (Phi) is 4.12. The number of aryl methyl sites for hydroxylation is 2. The normalized spacial score (nSPS) is 10.3. The average Bonchev–Trinajstić information content (AvgIpc) is 2.41. The molecule has 1 aromatic heterocycles. The van der Waals surface area contributed by atoms with Crippen molar-refractivity contribution in [1.29, 1.82) is 0 Å². The van der Waals surface area contributed by atoms with E-state index < -0.39 is 0 Å². The summed E-state index contributed by atoms with van der Waals surface area (Å²) in [5, 5.41) is 4.02. The number of hydrogen-bond acceptors (Lipinski definition) is 3. The van der Waals surface area contributed by atoms with Gasteiger partial charge in [0.05, 0.1) is 7.11 Å². The fourth-order valence-corrected chi connectivity index (χ4v) is 1.82. The van der Waals surface area contributed by atoms with E-state index in [-0.39, 0.29) is 5.56 Å². The lowest BCUT2D eigenvalue weighted by Gasteiger charge is -2.05. The minimum Gasteiger partial charge on any atom is -0.497 e. The van der Waals surface area contributed by atoms with Crippen molar-refractivity contribution in [3.8, 4) is 5.75 Å². The summed E-state index contributed by atoms with van der Waals surface area (Å²) in [5.41, 5.74) is 1.15. The van der Waals surface area contributed by atoms with E-state index in [1.165, 1.54) is 16.3 Å². The third kappa shape index (κ3) is 3.20. The van der Waals surface area contributed by atoms with E-state index in [0.29, 0.717) is 6.54 Å². The Bertz CT molecular complexity index is 563. The summed E-state index contributed by atoms with van der Waals surface area (Å²) in [6.07, 6.45) is 3.41. The molecule has 1 heterocycles. The first-order valence-electron chi connectivity index (χ1n) is 5.94. The van der Waals surface area contributed by atoms with Crippen molar-refractivity contribution in [1.82, 2.24) is 9.78 Å². The van der Waals surface area contributed by atoms with Crippen molar-refractivity contribution in [3.63, 3.8) is 0 Å². The number of hydrogen-bond donors (Lipinski definition) is 0. The fourth-order valence-electron chi connectivity index (χ4n) is 1.82. The molecule has 0 fully saturated rings. The van der Waals surface area contributed by atoms with Crippen LogP contribution >= 0.6 is 0 Å². The van der Waals surface area contributed by atoms with Crippen LogP contribution in [0.3, 0.4) is 0 Å². The second-order valence-electron chi connectivity index (χ2n) is 4.04. The Morgan fingerprint density at radius 2 is 2.17 bits per heavy atom. The number of benzene rings is 1. The number of nitrogens with zero attached hydrogens (tertiary/aromatic N) is 2. The van der Waals surface area contributed by atoms with E-state index in [1.54, 1.807) is 19.4 Å². The van der Waals surface area contributed by atoms with Gasteiger partial charge in [-0.1, -0.05) is 12.1 Å². The van der Waals surface area contributed by atoms with E-state index in [1.807, 2.05) is 18.2 Å². The molecule has 0 atom stereocenters. The highest BCUT2D eigenvalue weighted by molar-refractivity contribution is 5.28. The molecule has 0 aliphatic rings. The highest BCUT2D eigenvalue weighted by Crippen LogP contribution is 2.13. The summed E-state index contributed by atoms with van der Waals surface area (Å²) in [7, 11) is 1.66. The van der Waals surface area contributed by atoms with Crippen LogP contribution in [0.15, 0.2) is 47.4 Å². The van der Waals surface area contributed by atoms with Gasteiger partial charge in [-0.05, 0) is 36.6 Å². The summed E-state index contributed by atoms with van der Waals surface area (Å²) >= 11 is 0. The Labute approximate surface area is 106 Å². The minimum atomic E-state index is -0.0526. The van der Waals surface area contributed by atoms with Crippen LogP contribution in [0.2, 0.25) is 0 Å². The molecular formula is C14H16N2O2. The lowest BCUT2D eigenvalue weighted by Crippen LogP contribution is -2.21. The first kappa shape index (κ1) is 12.4. The predicted octanol–water partition coefficient (Wildman–Crippen LogP) is 1.88. The van der Waals surface area contributed by atoms with Gasteiger partial charge in [-0.25, -0.2) is 4.68 Å². The Morgan fingerprint density at radius 1 is 1.28 bits per heavy atom. The first-order valence-corrected chi connectivity index (χ1v) is 5.94. The quantitative estimate of drug-likeness (QED) is 0.806. The Hall–Kier alpha value is -2.10. The largest absolute Gasteiger partial charge is 0.497 e. The molecule has 0 radical (unpaired) electrons. The molecule has 0 bridgehead atoms. The number of aromatic nitrogens is 2. The van der Waals surface area contributed by atoms with Crippen LogP contribution < -0.4 is 10.3 Å². The standard InChI is InChI=1S/C14H16N2O2/c1-18-13-7-2-5-12(11-13)6-4-10-16-14(17)8-3-9-15-16/h2-3,5,7-9,11H,4,6,10H2,1H3. The van der Waals surface area contributed by atoms with Gasteiger partial charge in [0, 0.05) is 18.8 Å². The third-order valence-electron chi connectivity index (χ3n) is 2.75.